The van der Waals surface area contributed by atoms with Crippen LogP contribution in [0.25, 0.3) is 0 Å². The van der Waals surface area contributed by atoms with E-state index in [1.807, 2.05) is 37.3 Å². The van der Waals surface area contributed by atoms with Crippen molar-refractivity contribution in [3.63, 3.8) is 0 Å². The highest BCUT2D eigenvalue weighted by molar-refractivity contribution is 9.10. The van der Waals surface area contributed by atoms with Crippen LogP contribution in [0.3, 0.4) is 0 Å². The second-order valence-corrected chi connectivity index (χ2v) is 5.72. The molecule has 0 spiro atoms. The number of rotatable bonds is 5. The summed E-state index contributed by atoms with van der Waals surface area (Å²) in [6.45, 7) is 6.23. The van der Waals surface area contributed by atoms with Crippen LogP contribution in [0.2, 0.25) is 0 Å². The number of benzene rings is 1. The highest BCUT2D eigenvalue weighted by atomic mass is 79.9. The SMILES string of the molecule is CCN(Cc1cccc(C)n1)Cc1ccc(Br)cc1F. The Balaban J connectivity index is 2.09. The van der Waals surface area contributed by atoms with E-state index in [1.54, 1.807) is 0 Å². The Kier molecular flexibility index (Phi) is 5.26. The maximum Gasteiger partial charge on any atom is 0.128 e. The van der Waals surface area contributed by atoms with Gasteiger partial charge in [0.25, 0.3) is 0 Å². The van der Waals surface area contributed by atoms with Crippen LogP contribution in [0, 0.1) is 12.7 Å². The van der Waals surface area contributed by atoms with E-state index in [0.717, 1.165) is 29.0 Å². The van der Waals surface area contributed by atoms with Gasteiger partial charge in [-0.25, -0.2) is 4.39 Å². The fourth-order valence-electron chi connectivity index (χ4n) is 2.09. The lowest BCUT2D eigenvalue weighted by Crippen LogP contribution is -2.23. The quantitative estimate of drug-likeness (QED) is 0.808. The lowest BCUT2D eigenvalue weighted by atomic mass is 10.2. The van der Waals surface area contributed by atoms with E-state index in [1.165, 1.54) is 6.07 Å². The maximum absolute atomic E-state index is 13.9. The van der Waals surface area contributed by atoms with Crippen molar-refractivity contribution in [2.45, 2.75) is 26.9 Å². The Hall–Kier alpha value is -1.26. The summed E-state index contributed by atoms with van der Waals surface area (Å²) in [6, 6.07) is 11.2. The van der Waals surface area contributed by atoms with E-state index < -0.39 is 0 Å². The van der Waals surface area contributed by atoms with Crippen molar-refractivity contribution >= 4 is 15.9 Å². The summed E-state index contributed by atoms with van der Waals surface area (Å²) in [5, 5.41) is 0. The van der Waals surface area contributed by atoms with Gasteiger partial charge in [0.15, 0.2) is 0 Å². The molecular weight excluding hydrogens is 319 g/mol. The summed E-state index contributed by atoms with van der Waals surface area (Å²) in [6.07, 6.45) is 0. The summed E-state index contributed by atoms with van der Waals surface area (Å²) in [5.74, 6) is -0.171. The first kappa shape index (κ1) is 15.1. The van der Waals surface area contributed by atoms with E-state index in [4.69, 9.17) is 0 Å². The molecule has 1 aromatic carbocycles. The minimum Gasteiger partial charge on any atom is -0.293 e. The summed E-state index contributed by atoms with van der Waals surface area (Å²) >= 11 is 3.28. The molecule has 0 amide bonds. The second-order valence-electron chi connectivity index (χ2n) is 4.81. The zero-order chi connectivity index (χ0) is 14.5. The molecule has 0 aliphatic heterocycles. The van der Waals surface area contributed by atoms with Crippen LogP contribution in [0.15, 0.2) is 40.9 Å². The zero-order valence-electron chi connectivity index (χ0n) is 11.7. The first-order valence-electron chi connectivity index (χ1n) is 6.67. The minimum absolute atomic E-state index is 0.171. The molecule has 0 saturated carbocycles. The number of hydrogen-bond donors (Lipinski definition) is 0. The molecule has 0 radical (unpaired) electrons. The molecule has 20 heavy (non-hydrogen) atoms. The monoisotopic (exact) mass is 336 g/mol. The van der Waals surface area contributed by atoms with Crippen molar-refractivity contribution in [3.8, 4) is 0 Å². The Labute approximate surface area is 127 Å². The van der Waals surface area contributed by atoms with Crippen LogP contribution in [0.5, 0.6) is 0 Å². The molecule has 0 aliphatic rings. The van der Waals surface area contributed by atoms with E-state index in [-0.39, 0.29) is 5.82 Å². The summed E-state index contributed by atoms with van der Waals surface area (Å²) in [7, 11) is 0. The van der Waals surface area contributed by atoms with Gasteiger partial charge in [-0.05, 0) is 37.7 Å². The van der Waals surface area contributed by atoms with E-state index in [2.05, 4.69) is 32.7 Å². The number of aromatic nitrogens is 1. The molecule has 2 aromatic rings. The van der Waals surface area contributed by atoms with E-state index in [0.29, 0.717) is 12.1 Å². The molecule has 4 heteroatoms. The van der Waals surface area contributed by atoms with Gasteiger partial charge in [-0.2, -0.15) is 0 Å². The molecule has 2 nitrogen and oxygen atoms in total. The Bertz CT molecular complexity index is 586. The standard InChI is InChI=1S/C16H18BrFN2/c1-3-20(11-15-6-4-5-12(2)19-15)10-13-7-8-14(17)9-16(13)18/h4-9H,3,10-11H2,1-2H3. The van der Waals surface area contributed by atoms with E-state index in [9.17, 15) is 4.39 Å². The molecule has 0 N–H and O–H groups in total. The van der Waals surface area contributed by atoms with Crippen LogP contribution in [-0.4, -0.2) is 16.4 Å². The molecule has 106 valence electrons. The Morgan fingerprint density at radius 1 is 1.20 bits per heavy atom. The molecule has 0 aliphatic carbocycles. The van der Waals surface area contributed by atoms with Gasteiger partial charge in [-0.3, -0.25) is 9.88 Å². The number of pyridine rings is 1. The van der Waals surface area contributed by atoms with Gasteiger partial charge in [0.2, 0.25) is 0 Å². The molecule has 2 rings (SSSR count). The number of aryl methyl sites for hydroxylation is 1. The van der Waals surface area contributed by atoms with Gasteiger partial charge in [-0.15, -0.1) is 0 Å². The molecule has 1 heterocycles. The highest BCUT2D eigenvalue weighted by Gasteiger charge is 2.09. The molecule has 0 atom stereocenters. The second kappa shape index (κ2) is 6.95. The van der Waals surface area contributed by atoms with Crippen LogP contribution < -0.4 is 0 Å². The maximum atomic E-state index is 13.9. The first-order valence-corrected chi connectivity index (χ1v) is 7.46. The highest BCUT2D eigenvalue weighted by Crippen LogP contribution is 2.17. The topological polar surface area (TPSA) is 16.1 Å². The summed E-state index contributed by atoms with van der Waals surface area (Å²) in [4.78, 5) is 6.67. The van der Waals surface area contributed by atoms with Crippen LogP contribution in [-0.2, 0) is 13.1 Å². The third-order valence-corrected chi connectivity index (χ3v) is 3.68. The van der Waals surface area contributed by atoms with E-state index >= 15 is 0 Å². The molecule has 0 unspecified atom stereocenters. The van der Waals surface area contributed by atoms with Crippen molar-refractivity contribution in [1.82, 2.24) is 9.88 Å². The van der Waals surface area contributed by atoms with Crippen molar-refractivity contribution in [3.05, 3.63) is 63.6 Å². The van der Waals surface area contributed by atoms with Gasteiger partial charge in [0.05, 0.1) is 5.69 Å². The van der Waals surface area contributed by atoms with Crippen LogP contribution in [0.4, 0.5) is 4.39 Å². The predicted molar refractivity (Wildman–Crippen MR) is 82.9 cm³/mol. The minimum atomic E-state index is -0.171. The Morgan fingerprint density at radius 3 is 2.65 bits per heavy atom. The normalized spacial score (nSPS) is 11.1. The van der Waals surface area contributed by atoms with Crippen molar-refractivity contribution in [2.24, 2.45) is 0 Å². The third kappa shape index (κ3) is 4.12. The predicted octanol–water partition coefficient (Wildman–Crippen LogP) is 4.31. The van der Waals surface area contributed by atoms with Gasteiger partial charge < -0.3 is 0 Å². The zero-order valence-corrected chi connectivity index (χ0v) is 13.3. The molecule has 0 fully saturated rings. The Morgan fingerprint density at radius 2 is 2.00 bits per heavy atom. The first-order chi connectivity index (χ1) is 9.58. The fraction of sp³-hybridized carbons (Fsp3) is 0.312. The largest absolute Gasteiger partial charge is 0.293 e. The van der Waals surface area contributed by atoms with Crippen LogP contribution >= 0.6 is 15.9 Å². The molecule has 0 bridgehead atoms. The summed E-state index contributed by atoms with van der Waals surface area (Å²) in [5.41, 5.74) is 2.74. The molecule has 0 saturated heterocycles. The molecule has 1 aromatic heterocycles. The number of hydrogen-bond acceptors (Lipinski definition) is 2. The fourth-order valence-corrected chi connectivity index (χ4v) is 2.42. The number of nitrogens with zero attached hydrogens (tertiary/aromatic N) is 2. The van der Waals surface area contributed by atoms with Crippen molar-refractivity contribution < 1.29 is 4.39 Å². The van der Waals surface area contributed by atoms with Gasteiger partial charge >= 0.3 is 0 Å². The van der Waals surface area contributed by atoms with Crippen LogP contribution in [0.1, 0.15) is 23.9 Å². The van der Waals surface area contributed by atoms with Gasteiger partial charge in [0, 0.05) is 28.8 Å². The third-order valence-electron chi connectivity index (χ3n) is 3.19. The average Bonchev–Trinajstić information content (AvgIpc) is 2.41. The molecular formula is C16H18BrFN2. The van der Waals surface area contributed by atoms with Crippen molar-refractivity contribution in [1.29, 1.82) is 0 Å². The summed E-state index contributed by atoms with van der Waals surface area (Å²) < 4.78 is 14.6. The number of halogens is 2. The van der Waals surface area contributed by atoms with Gasteiger partial charge in [-0.1, -0.05) is 35.0 Å². The van der Waals surface area contributed by atoms with Crippen molar-refractivity contribution in [2.75, 3.05) is 6.54 Å². The van der Waals surface area contributed by atoms with Gasteiger partial charge in [0.1, 0.15) is 5.82 Å². The lowest BCUT2D eigenvalue weighted by molar-refractivity contribution is 0.264. The average molecular weight is 337 g/mol. The lowest BCUT2D eigenvalue weighted by Gasteiger charge is -2.20. The smallest absolute Gasteiger partial charge is 0.128 e.